The minimum Gasteiger partial charge on any atom is -0.494 e. The van der Waals surface area contributed by atoms with Gasteiger partial charge >= 0.3 is 0 Å². The largest absolute Gasteiger partial charge is 0.494 e. The van der Waals surface area contributed by atoms with Gasteiger partial charge in [-0.05, 0) is 66.9 Å². The van der Waals surface area contributed by atoms with Gasteiger partial charge in [0.25, 0.3) is 5.56 Å². The molecule has 0 amide bonds. The minimum atomic E-state index is -0.151. The van der Waals surface area contributed by atoms with Gasteiger partial charge < -0.3 is 9.72 Å². The van der Waals surface area contributed by atoms with Gasteiger partial charge in [0, 0.05) is 4.88 Å². The van der Waals surface area contributed by atoms with Crippen molar-refractivity contribution < 1.29 is 4.74 Å². The molecular weight excluding hydrogens is 406 g/mol. The molecule has 1 N–H and O–H groups in total. The van der Waals surface area contributed by atoms with E-state index in [4.69, 9.17) is 4.74 Å². The van der Waals surface area contributed by atoms with Crippen LogP contribution in [0.3, 0.4) is 0 Å². The van der Waals surface area contributed by atoms with Gasteiger partial charge in [0.1, 0.15) is 16.6 Å². The van der Waals surface area contributed by atoms with E-state index in [0.717, 1.165) is 47.4 Å². The Morgan fingerprint density at radius 2 is 2.16 bits per heavy atom. The monoisotopic (exact) mass is 433 g/mol. The van der Waals surface area contributed by atoms with E-state index in [1.165, 1.54) is 4.88 Å². The number of allylic oxidation sites excluding steroid dienone is 1. The number of thiophene rings is 1. The number of hydrogen-bond acceptors (Lipinski definition) is 5. The van der Waals surface area contributed by atoms with Crippen molar-refractivity contribution in [2.75, 3.05) is 6.61 Å². The van der Waals surface area contributed by atoms with Crippen LogP contribution in [0.25, 0.3) is 21.9 Å². The second-order valence-electron chi connectivity index (χ2n) is 8.72. The fraction of sp³-hybridized carbons (Fsp3) is 0.400. The van der Waals surface area contributed by atoms with Gasteiger partial charge in [0.05, 0.1) is 17.6 Å². The van der Waals surface area contributed by atoms with Crippen LogP contribution in [0.4, 0.5) is 0 Å². The van der Waals surface area contributed by atoms with Crippen molar-refractivity contribution in [1.82, 2.24) is 9.97 Å². The number of hydrogen-bond donors (Lipinski definition) is 1. The number of nitrogens with zero attached hydrogens (tertiary/aromatic N) is 2. The predicted octanol–water partition coefficient (Wildman–Crippen LogP) is 5.60. The average Bonchev–Trinajstić information content (AvgIpc) is 3.10. The summed E-state index contributed by atoms with van der Waals surface area (Å²) in [6.45, 7) is 7.27. The van der Waals surface area contributed by atoms with Crippen LogP contribution in [0.1, 0.15) is 55.4 Å². The average molecular weight is 434 g/mol. The lowest BCUT2D eigenvalue weighted by Crippen LogP contribution is -2.14. The highest BCUT2D eigenvalue weighted by atomic mass is 32.1. The topological polar surface area (TPSA) is 78.8 Å². The van der Waals surface area contributed by atoms with Crippen molar-refractivity contribution in [3.05, 3.63) is 56.4 Å². The third-order valence-corrected chi connectivity index (χ3v) is 6.84. The molecule has 2 heterocycles. The molecule has 0 radical (unpaired) electrons. The van der Waals surface area contributed by atoms with Crippen molar-refractivity contribution in [2.45, 2.75) is 46.5 Å². The van der Waals surface area contributed by atoms with E-state index >= 15 is 0 Å². The molecule has 0 spiro atoms. The van der Waals surface area contributed by atoms with E-state index in [1.54, 1.807) is 17.4 Å². The lowest BCUT2D eigenvalue weighted by molar-refractivity contribution is 0.289. The molecule has 5 nitrogen and oxygen atoms in total. The lowest BCUT2D eigenvalue weighted by Gasteiger charge is -2.17. The molecule has 0 bridgehead atoms. The molecule has 2 aromatic heterocycles. The molecule has 0 aliphatic heterocycles. The zero-order chi connectivity index (χ0) is 22.0. The van der Waals surface area contributed by atoms with Crippen molar-refractivity contribution in [2.24, 2.45) is 11.8 Å². The van der Waals surface area contributed by atoms with Crippen LogP contribution in [-0.4, -0.2) is 16.6 Å². The maximum Gasteiger partial charge on any atom is 0.260 e. The van der Waals surface area contributed by atoms with Crippen LogP contribution in [0.15, 0.2) is 29.1 Å². The maximum absolute atomic E-state index is 12.8. The first-order valence-electron chi connectivity index (χ1n) is 10.8. The van der Waals surface area contributed by atoms with Gasteiger partial charge in [-0.15, -0.1) is 11.3 Å². The van der Waals surface area contributed by atoms with E-state index in [2.05, 4.69) is 36.8 Å². The van der Waals surface area contributed by atoms with Gasteiger partial charge in [0.15, 0.2) is 5.82 Å². The minimum absolute atomic E-state index is 0.151. The summed E-state index contributed by atoms with van der Waals surface area (Å²) in [6, 6.07) is 9.80. The molecule has 1 atom stereocenters. The highest BCUT2D eigenvalue weighted by Crippen LogP contribution is 2.36. The summed E-state index contributed by atoms with van der Waals surface area (Å²) in [7, 11) is 0. The second-order valence-corrected chi connectivity index (χ2v) is 9.80. The molecule has 3 aromatic rings. The van der Waals surface area contributed by atoms with Gasteiger partial charge in [0.2, 0.25) is 0 Å². The zero-order valence-corrected chi connectivity index (χ0v) is 19.0. The molecule has 4 rings (SSSR count). The normalized spacial score (nSPS) is 16.4. The second kappa shape index (κ2) is 9.07. The van der Waals surface area contributed by atoms with Crippen LogP contribution in [-0.2, 0) is 12.8 Å². The van der Waals surface area contributed by atoms with Crippen LogP contribution in [0.2, 0.25) is 0 Å². The van der Waals surface area contributed by atoms with E-state index in [1.807, 2.05) is 24.3 Å². The Bertz CT molecular complexity index is 1210. The van der Waals surface area contributed by atoms with Gasteiger partial charge in [-0.1, -0.05) is 32.9 Å². The molecule has 1 aliphatic rings. The van der Waals surface area contributed by atoms with Crippen molar-refractivity contribution >= 4 is 33.2 Å². The Balaban J connectivity index is 1.61. The number of benzene rings is 1. The molecule has 0 saturated carbocycles. The van der Waals surface area contributed by atoms with Crippen LogP contribution < -0.4 is 10.3 Å². The first-order valence-corrected chi connectivity index (χ1v) is 11.7. The molecule has 6 heteroatoms. The number of rotatable bonds is 6. The zero-order valence-electron chi connectivity index (χ0n) is 18.2. The number of aromatic amines is 1. The number of nitrogens with one attached hydrogen (secondary N) is 1. The molecule has 0 fully saturated rings. The van der Waals surface area contributed by atoms with E-state index in [0.29, 0.717) is 35.2 Å². The molecular formula is C25H27N3O2S. The summed E-state index contributed by atoms with van der Waals surface area (Å²) in [5.74, 6) is 2.36. The highest BCUT2D eigenvalue weighted by molar-refractivity contribution is 7.18. The molecule has 0 unspecified atom stereocenters. The fourth-order valence-electron chi connectivity index (χ4n) is 3.87. The molecule has 31 heavy (non-hydrogen) atoms. The molecule has 1 aliphatic carbocycles. The van der Waals surface area contributed by atoms with Gasteiger partial charge in [-0.2, -0.15) is 5.26 Å². The highest BCUT2D eigenvalue weighted by Gasteiger charge is 2.23. The Morgan fingerprint density at radius 1 is 1.39 bits per heavy atom. The fourth-order valence-corrected chi connectivity index (χ4v) is 5.25. The standard InChI is InChI=1S/C25H27N3O2S/c1-15(2)10-11-30-19-7-5-17(6-8-19)13-18(14-26)23-27-24(29)22-20-9-4-16(3)12-21(20)31-25(22)28-23/h5-8,13,15-16H,4,9-12H2,1-3H3,(H,27,28,29)/b18-13-/t16-/m1/s1. The first kappa shape index (κ1) is 21.3. The lowest BCUT2D eigenvalue weighted by atomic mass is 9.89. The third-order valence-electron chi connectivity index (χ3n) is 5.70. The molecule has 0 saturated heterocycles. The summed E-state index contributed by atoms with van der Waals surface area (Å²) >= 11 is 1.59. The summed E-state index contributed by atoms with van der Waals surface area (Å²) in [5.41, 5.74) is 2.19. The Hall–Kier alpha value is -2.91. The summed E-state index contributed by atoms with van der Waals surface area (Å²) in [6.07, 6.45) is 5.77. The summed E-state index contributed by atoms with van der Waals surface area (Å²) in [5, 5.41) is 10.4. The smallest absolute Gasteiger partial charge is 0.260 e. The van der Waals surface area contributed by atoms with E-state index < -0.39 is 0 Å². The number of aryl methyl sites for hydroxylation is 1. The SMILES string of the molecule is CC(C)CCOc1ccc(/C=C(/C#N)c2nc3sc4c(c3c(=O)[nH]2)CC[C@@H](C)C4)cc1. The number of H-pyrrole nitrogens is 1. The number of aromatic nitrogens is 2. The summed E-state index contributed by atoms with van der Waals surface area (Å²) < 4.78 is 5.75. The van der Waals surface area contributed by atoms with Crippen molar-refractivity contribution in [3.8, 4) is 11.8 Å². The third kappa shape index (κ3) is 4.72. The number of nitriles is 1. The number of ether oxygens (including phenoxy) is 1. The van der Waals surface area contributed by atoms with Gasteiger partial charge in [-0.3, -0.25) is 4.79 Å². The van der Waals surface area contributed by atoms with Crippen molar-refractivity contribution in [3.63, 3.8) is 0 Å². The Labute approximate surface area is 186 Å². The van der Waals surface area contributed by atoms with Crippen molar-refractivity contribution in [1.29, 1.82) is 5.26 Å². The summed E-state index contributed by atoms with van der Waals surface area (Å²) in [4.78, 5) is 22.3. The van der Waals surface area contributed by atoms with E-state index in [-0.39, 0.29) is 5.56 Å². The van der Waals surface area contributed by atoms with Crippen LogP contribution >= 0.6 is 11.3 Å². The maximum atomic E-state index is 12.8. The Kier molecular flexibility index (Phi) is 6.24. The van der Waals surface area contributed by atoms with Gasteiger partial charge in [-0.25, -0.2) is 4.98 Å². The Morgan fingerprint density at radius 3 is 2.87 bits per heavy atom. The predicted molar refractivity (Wildman–Crippen MR) is 126 cm³/mol. The van der Waals surface area contributed by atoms with Crippen LogP contribution in [0, 0.1) is 23.2 Å². The molecule has 160 valence electrons. The van der Waals surface area contributed by atoms with Crippen LogP contribution in [0.5, 0.6) is 5.75 Å². The number of fused-ring (bicyclic) bond motifs is 3. The van der Waals surface area contributed by atoms with E-state index in [9.17, 15) is 10.1 Å². The quantitative estimate of drug-likeness (QED) is 0.513. The molecule has 1 aromatic carbocycles. The first-order chi connectivity index (χ1) is 14.9.